The molecule has 2 rings (SSSR count). The van der Waals surface area contributed by atoms with Gasteiger partial charge in [0.1, 0.15) is 12.2 Å². The molecule has 0 spiro atoms. The van der Waals surface area contributed by atoms with Crippen molar-refractivity contribution in [2.24, 2.45) is 5.11 Å². The predicted octanol–water partition coefficient (Wildman–Crippen LogP) is 6.87. The van der Waals surface area contributed by atoms with Crippen LogP contribution in [-0.2, 0) is 18.0 Å². The first-order chi connectivity index (χ1) is 18.2. The summed E-state index contributed by atoms with van der Waals surface area (Å²) in [7, 11) is -7.39. The zero-order valence-electron chi connectivity index (χ0n) is 27.8. The van der Waals surface area contributed by atoms with E-state index in [2.05, 4.69) is 117 Å². The van der Waals surface area contributed by atoms with Crippen LogP contribution in [0.15, 0.2) is 27.0 Å². The molecule has 0 bridgehead atoms. The molecule has 1 aromatic heterocycles. The highest BCUT2D eigenvalue weighted by atomic mass is 28.4. The minimum Gasteiger partial charge on any atom is -0.414 e. The quantitative estimate of drug-likeness (QED) is 0.137. The smallest absolute Gasteiger partial charge is 0.330 e. The molecule has 234 valence electrons. The van der Waals surface area contributed by atoms with Crippen LogP contribution in [0, 0.1) is 0 Å². The van der Waals surface area contributed by atoms with E-state index in [0.717, 1.165) is 0 Å². The largest absolute Gasteiger partial charge is 0.414 e. The summed E-state index contributed by atoms with van der Waals surface area (Å²) in [6.07, 6.45) is -1.38. The summed E-state index contributed by atoms with van der Waals surface area (Å²) in [5.41, 5.74) is 7.08. The Bertz CT molecular complexity index is 1250. The third kappa shape index (κ3) is 7.53. The summed E-state index contributed by atoms with van der Waals surface area (Å²) in [4.78, 5) is 30.6. The van der Waals surface area contributed by atoms with E-state index in [1.807, 2.05) is 0 Å². The number of rotatable bonds is 9. The molecule has 1 N–H and O–H groups in total. The van der Waals surface area contributed by atoms with Crippen LogP contribution >= 0.6 is 0 Å². The van der Waals surface area contributed by atoms with Crippen LogP contribution in [-0.4, -0.2) is 59.0 Å². The zero-order valence-corrected chi connectivity index (χ0v) is 30.8. The molecule has 0 amide bonds. The van der Waals surface area contributed by atoms with Crippen LogP contribution in [0.25, 0.3) is 10.4 Å². The van der Waals surface area contributed by atoms with Gasteiger partial charge in [-0.1, -0.05) is 67.4 Å². The van der Waals surface area contributed by atoms with Gasteiger partial charge in [0.05, 0.1) is 6.61 Å². The van der Waals surface area contributed by atoms with Crippen LogP contribution in [0.1, 0.15) is 68.5 Å². The Kier molecular flexibility index (Phi) is 10.0. The Morgan fingerprint density at radius 3 is 1.85 bits per heavy atom. The molecule has 2 heterocycles. The molecule has 1 saturated heterocycles. The second-order valence-corrected chi connectivity index (χ2v) is 30.1. The van der Waals surface area contributed by atoms with Crippen molar-refractivity contribution in [1.82, 2.24) is 9.55 Å². The predicted molar refractivity (Wildman–Crippen MR) is 171 cm³/mol. The summed E-state index contributed by atoms with van der Waals surface area (Å²) < 4.78 is 28.7. The normalized spacial score (nSPS) is 24.8. The average molecular weight is 628 g/mol. The van der Waals surface area contributed by atoms with Gasteiger partial charge >= 0.3 is 5.69 Å². The maximum absolute atomic E-state index is 13.1. The summed E-state index contributed by atoms with van der Waals surface area (Å²) in [5.74, 6) is 0. The van der Waals surface area contributed by atoms with Gasteiger partial charge in [0.2, 0.25) is 0 Å². The van der Waals surface area contributed by atoms with Crippen LogP contribution in [0.2, 0.25) is 54.4 Å². The monoisotopic (exact) mass is 627 g/mol. The molecule has 0 unspecified atom stereocenters. The number of aromatic nitrogens is 2. The number of hydrogen-bond acceptors (Lipinski definition) is 7. The van der Waals surface area contributed by atoms with Gasteiger partial charge in [-0.2, -0.15) is 0 Å². The summed E-state index contributed by atoms with van der Waals surface area (Å²) in [5, 5.41) is 3.76. The molecule has 41 heavy (non-hydrogen) atoms. The van der Waals surface area contributed by atoms with E-state index in [1.54, 1.807) is 0 Å². The van der Waals surface area contributed by atoms with E-state index in [0.29, 0.717) is 0 Å². The van der Waals surface area contributed by atoms with Gasteiger partial charge < -0.3 is 18.0 Å². The lowest BCUT2D eigenvalue weighted by molar-refractivity contribution is -0.120. The third-order valence-corrected chi connectivity index (χ3v) is 23.0. The standard InChI is InChI=1S/C27H53N5O6Si3/c1-24(2,3)39(10,11)35-18-27(30-31-28)21(38-41(14,15)26(7,8)9)20(37-40(12,13)25(4,5)6)22(36-27)32-17-16-19(33)29-23(32)34/h16-17,20-22H,18H2,1-15H3,(H,29,33,34)/t20-,21+,22-,27-/m1/s1. The molecule has 11 nitrogen and oxygen atoms in total. The van der Waals surface area contributed by atoms with Crippen LogP contribution in [0.5, 0.6) is 0 Å². The van der Waals surface area contributed by atoms with Crippen molar-refractivity contribution >= 4 is 25.0 Å². The Balaban J connectivity index is 2.89. The van der Waals surface area contributed by atoms with Gasteiger partial charge in [-0.3, -0.25) is 14.3 Å². The second kappa shape index (κ2) is 11.5. The van der Waals surface area contributed by atoms with Crippen molar-refractivity contribution < 1.29 is 18.0 Å². The van der Waals surface area contributed by atoms with E-state index in [9.17, 15) is 15.1 Å². The molecule has 1 aromatic rings. The first-order valence-electron chi connectivity index (χ1n) is 14.3. The van der Waals surface area contributed by atoms with Crippen molar-refractivity contribution in [2.45, 2.75) is 141 Å². The van der Waals surface area contributed by atoms with Crippen molar-refractivity contribution in [3.8, 4) is 0 Å². The maximum Gasteiger partial charge on any atom is 0.330 e. The van der Waals surface area contributed by atoms with Gasteiger partial charge in [-0.25, -0.2) is 4.79 Å². The fourth-order valence-corrected chi connectivity index (χ4v) is 7.27. The van der Waals surface area contributed by atoms with E-state index in [4.69, 9.17) is 18.0 Å². The summed E-state index contributed by atoms with van der Waals surface area (Å²) in [6.45, 7) is 31.8. The minimum atomic E-state index is -2.53. The zero-order chi connectivity index (χ0) is 32.0. The molecule has 4 atom stereocenters. The van der Waals surface area contributed by atoms with Gasteiger partial charge in [0, 0.05) is 17.2 Å². The lowest BCUT2D eigenvalue weighted by Gasteiger charge is -2.46. The van der Waals surface area contributed by atoms with Crippen molar-refractivity contribution in [1.29, 1.82) is 0 Å². The molecular weight excluding hydrogens is 575 g/mol. The number of ether oxygens (including phenoxy) is 1. The molecule has 14 heteroatoms. The Morgan fingerprint density at radius 1 is 0.927 bits per heavy atom. The van der Waals surface area contributed by atoms with Crippen LogP contribution < -0.4 is 11.2 Å². The van der Waals surface area contributed by atoms with Gasteiger partial charge in [-0.05, 0) is 59.9 Å². The molecule has 1 aliphatic rings. The summed E-state index contributed by atoms with van der Waals surface area (Å²) in [6, 6.07) is 1.26. The SMILES string of the molecule is CC(C)(C)[Si](C)(C)OC[C@@]1(N=[N+]=[N-])O[C@@H](n2ccc(=O)[nH]c2=O)[C@H](O[Si](C)(C)C(C)(C)C)[C@@H]1O[Si](C)(C)C(C)(C)C. The number of nitrogens with zero attached hydrogens (tertiary/aromatic N) is 4. The number of aromatic amines is 1. The van der Waals surface area contributed by atoms with Gasteiger partial charge in [0.15, 0.2) is 36.9 Å². The topological polar surface area (TPSA) is 141 Å². The van der Waals surface area contributed by atoms with E-state index >= 15 is 0 Å². The molecule has 0 radical (unpaired) electrons. The first-order valence-corrected chi connectivity index (χ1v) is 23.0. The molecule has 1 fully saturated rings. The highest BCUT2D eigenvalue weighted by Crippen LogP contribution is 2.50. The second-order valence-electron chi connectivity index (χ2n) is 15.8. The number of hydrogen-bond donors (Lipinski definition) is 1. The average Bonchev–Trinajstić information content (AvgIpc) is 3.03. The van der Waals surface area contributed by atoms with Crippen molar-refractivity contribution in [3.05, 3.63) is 43.5 Å². The maximum atomic E-state index is 13.1. The first kappa shape index (κ1) is 35.7. The lowest BCUT2D eigenvalue weighted by Crippen LogP contribution is -2.58. The summed E-state index contributed by atoms with van der Waals surface area (Å²) >= 11 is 0. The fourth-order valence-electron chi connectivity index (χ4n) is 3.68. The molecule has 1 aliphatic heterocycles. The highest BCUT2D eigenvalue weighted by molar-refractivity contribution is 6.75. The van der Waals surface area contributed by atoms with Gasteiger partial charge in [0.25, 0.3) is 5.56 Å². The van der Waals surface area contributed by atoms with Crippen molar-refractivity contribution in [2.75, 3.05) is 6.61 Å². The number of azide groups is 1. The minimum absolute atomic E-state index is 0.0706. The van der Waals surface area contributed by atoms with E-state index in [-0.39, 0.29) is 21.7 Å². The number of nitrogens with one attached hydrogen (secondary N) is 1. The van der Waals surface area contributed by atoms with Crippen LogP contribution in [0.3, 0.4) is 0 Å². The highest BCUT2D eigenvalue weighted by Gasteiger charge is 2.62. The molecule has 0 aliphatic carbocycles. The van der Waals surface area contributed by atoms with Crippen molar-refractivity contribution in [3.63, 3.8) is 0 Å². The third-order valence-electron chi connectivity index (χ3n) is 9.60. The number of H-pyrrole nitrogens is 1. The fraction of sp³-hybridized carbons (Fsp3) is 0.852. The molecular formula is C27H53N5O6Si3. The lowest BCUT2D eigenvalue weighted by atomic mass is 10.1. The molecule has 0 aromatic carbocycles. The van der Waals surface area contributed by atoms with E-state index < -0.39 is 60.4 Å². The van der Waals surface area contributed by atoms with E-state index in [1.165, 1.54) is 16.8 Å². The Morgan fingerprint density at radius 2 is 1.41 bits per heavy atom. The Labute approximate surface area is 248 Å². The molecule has 0 saturated carbocycles. The van der Waals surface area contributed by atoms with Gasteiger partial charge in [-0.15, -0.1) is 0 Å². The van der Waals surface area contributed by atoms with Crippen LogP contribution in [0.4, 0.5) is 0 Å². The Hall–Kier alpha value is -1.52.